The van der Waals surface area contributed by atoms with Crippen molar-refractivity contribution in [1.82, 2.24) is 16.2 Å². The number of hydrogen-bond acceptors (Lipinski definition) is 4. The highest BCUT2D eigenvalue weighted by atomic mass is 79.9. The van der Waals surface area contributed by atoms with Crippen LogP contribution in [-0.2, 0) is 11.2 Å². The van der Waals surface area contributed by atoms with Gasteiger partial charge in [0.05, 0.1) is 11.7 Å². The minimum Gasteiger partial charge on any atom is -0.490 e. The number of carbonyl (C=O) groups is 2. The van der Waals surface area contributed by atoms with E-state index in [0.717, 1.165) is 10.0 Å². The Morgan fingerprint density at radius 2 is 1.82 bits per heavy atom. The van der Waals surface area contributed by atoms with Gasteiger partial charge in [-0.05, 0) is 56.2 Å². The van der Waals surface area contributed by atoms with E-state index in [2.05, 4.69) is 32.1 Å². The molecule has 0 radical (unpaired) electrons. The number of halogens is 1. The van der Waals surface area contributed by atoms with Gasteiger partial charge >= 0.3 is 0 Å². The molecule has 148 valence electrons. The van der Waals surface area contributed by atoms with Crippen molar-refractivity contribution < 1.29 is 14.3 Å². The fourth-order valence-corrected chi connectivity index (χ4v) is 2.83. The molecule has 2 aromatic rings. The van der Waals surface area contributed by atoms with E-state index in [1.807, 2.05) is 44.2 Å². The van der Waals surface area contributed by atoms with Crippen LogP contribution >= 0.6 is 28.1 Å². The molecule has 0 saturated heterocycles. The summed E-state index contributed by atoms with van der Waals surface area (Å²) < 4.78 is 6.40. The van der Waals surface area contributed by atoms with E-state index in [1.54, 1.807) is 18.2 Å². The van der Waals surface area contributed by atoms with Crippen LogP contribution in [0.1, 0.15) is 36.2 Å². The van der Waals surface area contributed by atoms with Gasteiger partial charge in [0.2, 0.25) is 5.91 Å². The van der Waals surface area contributed by atoms with Gasteiger partial charge in [0.1, 0.15) is 5.75 Å². The van der Waals surface area contributed by atoms with Gasteiger partial charge in [-0.3, -0.25) is 25.8 Å². The number of ether oxygens (including phenoxy) is 1. The molecular weight excluding hydrogens is 442 g/mol. The van der Waals surface area contributed by atoms with Crippen LogP contribution in [0, 0.1) is 0 Å². The first kappa shape index (κ1) is 21.8. The molecular formula is C20H22BrN3O3S. The second kappa shape index (κ2) is 10.8. The van der Waals surface area contributed by atoms with E-state index < -0.39 is 5.91 Å². The van der Waals surface area contributed by atoms with Crippen LogP contribution in [0.2, 0.25) is 0 Å². The maximum absolute atomic E-state index is 12.5. The minimum atomic E-state index is -0.437. The molecule has 8 heteroatoms. The van der Waals surface area contributed by atoms with E-state index in [4.69, 9.17) is 17.0 Å². The Balaban J connectivity index is 1.85. The fraction of sp³-hybridized carbons (Fsp3) is 0.250. The third kappa shape index (κ3) is 7.28. The quantitative estimate of drug-likeness (QED) is 0.451. The number of nitrogens with one attached hydrogen (secondary N) is 3. The largest absolute Gasteiger partial charge is 0.490 e. The van der Waals surface area contributed by atoms with Gasteiger partial charge in [0.25, 0.3) is 5.91 Å². The lowest BCUT2D eigenvalue weighted by atomic mass is 10.1. The normalized spacial score (nSPS) is 10.3. The average Bonchev–Trinajstić information content (AvgIpc) is 2.66. The predicted octanol–water partition coefficient (Wildman–Crippen LogP) is 3.50. The molecule has 0 heterocycles. The Kier molecular flexibility index (Phi) is 8.41. The Labute approximate surface area is 178 Å². The maximum atomic E-state index is 12.5. The highest BCUT2D eigenvalue weighted by Gasteiger charge is 2.16. The van der Waals surface area contributed by atoms with Crippen LogP contribution in [0.15, 0.2) is 53.0 Å². The van der Waals surface area contributed by atoms with Crippen molar-refractivity contribution in [3.05, 3.63) is 64.1 Å². The van der Waals surface area contributed by atoms with Crippen LogP contribution in [0.25, 0.3) is 0 Å². The molecule has 6 nitrogen and oxygen atoms in total. The van der Waals surface area contributed by atoms with Crippen LogP contribution < -0.4 is 20.9 Å². The Morgan fingerprint density at radius 1 is 1.11 bits per heavy atom. The number of rotatable bonds is 6. The third-order valence-electron chi connectivity index (χ3n) is 3.57. The Hall–Kier alpha value is -2.45. The lowest BCUT2D eigenvalue weighted by Gasteiger charge is -2.15. The predicted molar refractivity (Wildman–Crippen MR) is 116 cm³/mol. The smallest absolute Gasteiger partial charge is 0.261 e. The molecule has 0 atom stereocenters. The monoisotopic (exact) mass is 463 g/mol. The van der Waals surface area contributed by atoms with Gasteiger partial charge in [-0.25, -0.2) is 0 Å². The molecule has 0 aliphatic carbocycles. The Bertz CT molecular complexity index is 844. The van der Waals surface area contributed by atoms with Crippen molar-refractivity contribution in [1.29, 1.82) is 0 Å². The summed E-state index contributed by atoms with van der Waals surface area (Å²) in [5.74, 6) is -0.217. The third-order valence-corrected chi connectivity index (χ3v) is 4.27. The molecule has 0 aliphatic rings. The SMILES string of the molecule is CC(C)Oc1ccc(Br)cc1C(=O)NC(=S)NNC(=O)CCc1ccccc1. The number of hydrazine groups is 1. The highest BCUT2D eigenvalue weighted by Crippen LogP contribution is 2.24. The molecule has 0 spiro atoms. The zero-order chi connectivity index (χ0) is 20.5. The lowest BCUT2D eigenvalue weighted by molar-refractivity contribution is -0.121. The van der Waals surface area contributed by atoms with Crippen molar-refractivity contribution in [2.75, 3.05) is 0 Å². The maximum Gasteiger partial charge on any atom is 0.261 e. The summed E-state index contributed by atoms with van der Waals surface area (Å²) in [6.45, 7) is 3.75. The summed E-state index contributed by atoms with van der Waals surface area (Å²) >= 11 is 8.42. The van der Waals surface area contributed by atoms with Crippen LogP contribution in [-0.4, -0.2) is 23.0 Å². The van der Waals surface area contributed by atoms with Crippen LogP contribution in [0.5, 0.6) is 5.75 Å². The number of benzene rings is 2. The fourth-order valence-electron chi connectivity index (χ4n) is 2.33. The number of amides is 2. The number of hydrogen-bond donors (Lipinski definition) is 3. The number of aryl methyl sites for hydroxylation is 1. The molecule has 3 N–H and O–H groups in total. The molecule has 2 aromatic carbocycles. The second-order valence-electron chi connectivity index (χ2n) is 6.25. The van der Waals surface area contributed by atoms with Crippen LogP contribution in [0.3, 0.4) is 0 Å². The number of carbonyl (C=O) groups excluding carboxylic acids is 2. The molecule has 2 rings (SSSR count). The summed E-state index contributed by atoms with van der Waals surface area (Å²) in [4.78, 5) is 24.4. The number of thiocarbonyl (C=S) groups is 1. The first-order chi connectivity index (χ1) is 13.3. The topological polar surface area (TPSA) is 79.5 Å². The van der Waals surface area contributed by atoms with Crippen LogP contribution in [0.4, 0.5) is 0 Å². The van der Waals surface area contributed by atoms with E-state index in [-0.39, 0.29) is 17.1 Å². The average molecular weight is 464 g/mol. The Morgan fingerprint density at radius 3 is 2.50 bits per heavy atom. The van der Waals surface area contributed by atoms with Crippen molar-refractivity contribution >= 4 is 45.1 Å². The zero-order valence-electron chi connectivity index (χ0n) is 15.6. The van der Waals surface area contributed by atoms with Crippen molar-refractivity contribution in [2.45, 2.75) is 32.8 Å². The first-order valence-corrected chi connectivity index (χ1v) is 9.95. The standard InChI is InChI=1S/C20H22BrN3O3S/c1-13(2)27-17-10-9-15(21)12-16(17)19(26)22-20(28)24-23-18(25)11-8-14-6-4-3-5-7-14/h3-7,9-10,12-13H,8,11H2,1-2H3,(H,23,25)(H2,22,24,26,28). The van der Waals surface area contributed by atoms with E-state index in [0.29, 0.717) is 24.2 Å². The zero-order valence-corrected chi connectivity index (χ0v) is 18.0. The highest BCUT2D eigenvalue weighted by molar-refractivity contribution is 9.10. The summed E-state index contributed by atoms with van der Waals surface area (Å²) in [5.41, 5.74) is 6.43. The summed E-state index contributed by atoms with van der Waals surface area (Å²) in [5, 5.41) is 2.53. The molecule has 0 fully saturated rings. The molecule has 2 amide bonds. The summed E-state index contributed by atoms with van der Waals surface area (Å²) in [7, 11) is 0. The second-order valence-corrected chi connectivity index (χ2v) is 7.57. The van der Waals surface area contributed by atoms with Gasteiger partial charge in [-0.15, -0.1) is 0 Å². The molecule has 28 heavy (non-hydrogen) atoms. The molecule has 0 aliphatic heterocycles. The summed E-state index contributed by atoms with van der Waals surface area (Å²) in [6.07, 6.45) is 0.828. The first-order valence-electron chi connectivity index (χ1n) is 8.75. The van der Waals surface area contributed by atoms with Crippen molar-refractivity contribution in [3.8, 4) is 5.75 Å². The molecule has 0 saturated carbocycles. The van der Waals surface area contributed by atoms with Gasteiger partial charge in [-0.2, -0.15) is 0 Å². The van der Waals surface area contributed by atoms with E-state index in [1.165, 1.54) is 0 Å². The van der Waals surface area contributed by atoms with Gasteiger partial charge in [-0.1, -0.05) is 46.3 Å². The van der Waals surface area contributed by atoms with Crippen molar-refractivity contribution in [3.63, 3.8) is 0 Å². The van der Waals surface area contributed by atoms with E-state index in [9.17, 15) is 9.59 Å². The minimum absolute atomic E-state index is 0.00599. The lowest BCUT2D eigenvalue weighted by Crippen LogP contribution is -2.48. The van der Waals surface area contributed by atoms with E-state index >= 15 is 0 Å². The van der Waals surface area contributed by atoms with Gasteiger partial charge < -0.3 is 4.74 Å². The van der Waals surface area contributed by atoms with Gasteiger partial charge in [0.15, 0.2) is 5.11 Å². The molecule has 0 aromatic heterocycles. The van der Waals surface area contributed by atoms with Gasteiger partial charge in [0, 0.05) is 10.9 Å². The van der Waals surface area contributed by atoms with Crippen molar-refractivity contribution in [2.24, 2.45) is 0 Å². The molecule has 0 unspecified atom stereocenters. The molecule has 0 bridgehead atoms. The summed E-state index contributed by atoms with van der Waals surface area (Å²) in [6, 6.07) is 14.8.